The second kappa shape index (κ2) is 7.97. The molecule has 2 unspecified atom stereocenters. The quantitative estimate of drug-likeness (QED) is 0.197. The van der Waals surface area contributed by atoms with Crippen LogP contribution in [0.3, 0.4) is 0 Å². The molecule has 0 saturated carbocycles. The molecule has 9 heteroatoms. The third kappa shape index (κ3) is 4.23. The molecule has 0 aromatic carbocycles. The summed E-state index contributed by atoms with van der Waals surface area (Å²) in [4.78, 5) is 11.0. The topological polar surface area (TPSA) is 146 Å². The van der Waals surface area contributed by atoms with Crippen LogP contribution < -0.4 is 0 Å². The van der Waals surface area contributed by atoms with Crippen molar-refractivity contribution in [2.45, 2.75) is 49.8 Å². The zero-order valence-corrected chi connectivity index (χ0v) is 12.2. The molecule has 5 N–H and O–H groups in total. The molecular weight excluding hydrogens is 300 g/mol. The van der Waals surface area contributed by atoms with Crippen LogP contribution in [0.25, 0.3) is 0 Å². The zero-order valence-electron chi connectivity index (χ0n) is 12.2. The number of aliphatic hydroxyl groups is 5. The van der Waals surface area contributed by atoms with E-state index in [0.717, 1.165) is 6.08 Å². The van der Waals surface area contributed by atoms with Gasteiger partial charge < -0.3 is 39.7 Å². The second-order valence-electron chi connectivity index (χ2n) is 4.88. The maximum absolute atomic E-state index is 11.0. The number of carbonyl (C=O) groups is 1. The van der Waals surface area contributed by atoms with Gasteiger partial charge in [0.05, 0.1) is 12.7 Å². The second-order valence-corrected chi connectivity index (χ2v) is 4.88. The van der Waals surface area contributed by atoms with Crippen molar-refractivity contribution in [3.05, 3.63) is 12.7 Å². The molecule has 0 aromatic rings. The highest BCUT2D eigenvalue weighted by Gasteiger charge is 2.54. The van der Waals surface area contributed by atoms with Gasteiger partial charge in [-0.25, -0.2) is 4.79 Å². The van der Waals surface area contributed by atoms with Crippen LogP contribution in [0.5, 0.6) is 0 Å². The lowest BCUT2D eigenvalue weighted by molar-refractivity contribution is -0.458. The average molecular weight is 322 g/mol. The molecule has 1 rings (SSSR count). The van der Waals surface area contributed by atoms with E-state index >= 15 is 0 Å². The highest BCUT2D eigenvalue weighted by atomic mass is 16.8. The van der Waals surface area contributed by atoms with E-state index in [-0.39, 0.29) is 13.0 Å². The first-order chi connectivity index (χ1) is 10.3. The molecule has 128 valence electrons. The molecule has 9 nitrogen and oxygen atoms in total. The maximum Gasteiger partial charge on any atom is 0.330 e. The highest BCUT2D eigenvalue weighted by Crippen LogP contribution is 2.30. The molecular formula is C13H22O9. The lowest BCUT2D eigenvalue weighted by atomic mass is 9.97. The van der Waals surface area contributed by atoms with Gasteiger partial charge in [-0.15, -0.1) is 0 Å². The first kappa shape index (κ1) is 19.0. The number of hydrogen-bond acceptors (Lipinski definition) is 9. The average Bonchev–Trinajstić information content (AvgIpc) is 2.52. The summed E-state index contributed by atoms with van der Waals surface area (Å²) in [6.07, 6.45) is -6.33. The van der Waals surface area contributed by atoms with Crippen molar-refractivity contribution >= 4 is 5.97 Å². The minimum absolute atomic E-state index is 0.248. The van der Waals surface area contributed by atoms with E-state index in [9.17, 15) is 25.2 Å². The fraction of sp³-hybridized carbons (Fsp3) is 0.769. The Balaban J connectivity index is 2.77. The van der Waals surface area contributed by atoms with E-state index < -0.39 is 49.1 Å². The largest absolute Gasteiger partial charge is 0.460 e. The van der Waals surface area contributed by atoms with E-state index in [2.05, 4.69) is 6.58 Å². The Morgan fingerprint density at radius 1 is 1.41 bits per heavy atom. The predicted molar refractivity (Wildman–Crippen MR) is 71.2 cm³/mol. The summed E-state index contributed by atoms with van der Waals surface area (Å²) in [6.45, 7) is 3.94. The highest BCUT2D eigenvalue weighted by molar-refractivity contribution is 5.81. The summed E-state index contributed by atoms with van der Waals surface area (Å²) in [7, 11) is 0. The van der Waals surface area contributed by atoms with E-state index in [1.165, 1.54) is 0 Å². The SMILES string of the molecule is C=CC(=O)OCC(CC)OC1(O)O[C@H](CO)[C@@H](O)[C@H](O)[C@H]1O. The van der Waals surface area contributed by atoms with Gasteiger partial charge in [-0.2, -0.15) is 0 Å². The van der Waals surface area contributed by atoms with E-state index in [4.69, 9.17) is 19.3 Å². The molecule has 1 fully saturated rings. The van der Waals surface area contributed by atoms with Crippen LogP contribution in [-0.2, 0) is 19.0 Å². The molecule has 22 heavy (non-hydrogen) atoms. The van der Waals surface area contributed by atoms with Crippen molar-refractivity contribution in [2.24, 2.45) is 0 Å². The molecule has 0 amide bonds. The molecule has 0 bridgehead atoms. The van der Waals surface area contributed by atoms with Gasteiger partial charge in [0.15, 0.2) is 6.10 Å². The molecule has 0 spiro atoms. The molecule has 6 atom stereocenters. The number of aliphatic hydroxyl groups excluding tert-OH is 4. The summed E-state index contributed by atoms with van der Waals surface area (Å²) in [6, 6.07) is 0. The molecule has 1 aliphatic heterocycles. The van der Waals surface area contributed by atoms with E-state index in [1.807, 2.05) is 0 Å². The van der Waals surface area contributed by atoms with Crippen LogP contribution >= 0.6 is 0 Å². The van der Waals surface area contributed by atoms with Gasteiger partial charge in [0.2, 0.25) is 0 Å². The number of ether oxygens (including phenoxy) is 3. The maximum atomic E-state index is 11.0. The van der Waals surface area contributed by atoms with E-state index in [1.54, 1.807) is 6.92 Å². The summed E-state index contributed by atoms with van der Waals surface area (Å²) >= 11 is 0. The summed E-state index contributed by atoms with van der Waals surface area (Å²) < 4.78 is 14.9. The van der Waals surface area contributed by atoms with Crippen LogP contribution in [-0.4, -0.2) is 81.2 Å². The van der Waals surface area contributed by atoms with Gasteiger partial charge >= 0.3 is 11.9 Å². The van der Waals surface area contributed by atoms with Crippen LogP contribution in [0.2, 0.25) is 0 Å². The first-order valence-corrected chi connectivity index (χ1v) is 6.81. The van der Waals surface area contributed by atoms with Crippen molar-refractivity contribution in [3.8, 4) is 0 Å². The minimum atomic E-state index is -2.66. The van der Waals surface area contributed by atoms with Gasteiger partial charge in [0, 0.05) is 6.08 Å². The fourth-order valence-corrected chi connectivity index (χ4v) is 1.93. The van der Waals surface area contributed by atoms with Gasteiger partial charge in [0.25, 0.3) is 0 Å². The Morgan fingerprint density at radius 2 is 2.05 bits per heavy atom. The van der Waals surface area contributed by atoms with Crippen molar-refractivity contribution in [1.29, 1.82) is 0 Å². The first-order valence-electron chi connectivity index (χ1n) is 6.81. The molecule has 1 saturated heterocycles. The third-order valence-electron chi connectivity index (χ3n) is 3.30. The van der Waals surface area contributed by atoms with Crippen molar-refractivity contribution < 1.29 is 44.5 Å². The predicted octanol–water partition coefficient (Wildman–Crippen LogP) is -2.37. The zero-order chi connectivity index (χ0) is 16.9. The summed E-state index contributed by atoms with van der Waals surface area (Å²) in [5, 5.41) is 48.4. The molecule has 1 aliphatic rings. The Bertz CT molecular complexity index is 386. The Morgan fingerprint density at radius 3 is 2.55 bits per heavy atom. The third-order valence-corrected chi connectivity index (χ3v) is 3.30. The van der Waals surface area contributed by atoms with Crippen LogP contribution in [0.4, 0.5) is 0 Å². The number of hydrogen-bond donors (Lipinski definition) is 5. The molecule has 0 radical (unpaired) electrons. The number of esters is 1. The van der Waals surface area contributed by atoms with Gasteiger partial charge in [0.1, 0.15) is 24.9 Å². The smallest absolute Gasteiger partial charge is 0.330 e. The number of carbonyl (C=O) groups excluding carboxylic acids is 1. The lowest BCUT2D eigenvalue weighted by Crippen LogP contribution is -2.67. The Kier molecular flexibility index (Phi) is 6.88. The van der Waals surface area contributed by atoms with Crippen molar-refractivity contribution in [1.82, 2.24) is 0 Å². The Hall–Kier alpha value is -1.07. The standard InChI is InChI=1S/C13H22O9/c1-3-7(6-20-9(15)4-2)21-13(19)12(18)11(17)10(16)8(5-14)22-13/h4,7-8,10-12,14,16-19H,2-3,5-6H2,1H3/t7?,8-,10-,11+,12-,13?/m1/s1. The fourth-order valence-electron chi connectivity index (χ4n) is 1.93. The molecule has 0 aromatic heterocycles. The summed E-state index contributed by atoms with van der Waals surface area (Å²) in [5.74, 6) is -3.35. The minimum Gasteiger partial charge on any atom is -0.460 e. The van der Waals surface area contributed by atoms with Gasteiger partial charge in [-0.1, -0.05) is 13.5 Å². The van der Waals surface area contributed by atoms with Crippen LogP contribution in [0, 0.1) is 0 Å². The lowest BCUT2D eigenvalue weighted by Gasteiger charge is -2.45. The van der Waals surface area contributed by atoms with Crippen LogP contribution in [0.1, 0.15) is 13.3 Å². The normalized spacial score (nSPS) is 36.6. The van der Waals surface area contributed by atoms with Gasteiger partial charge in [-0.3, -0.25) is 0 Å². The Labute approximate surface area is 127 Å². The molecule has 0 aliphatic carbocycles. The molecule has 1 heterocycles. The van der Waals surface area contributed by atoms with Crippen LogP contribution in [0.15, 0.2) is 12.7 Å². The monoisotopic (exact) mass is 322 g/mol. The summed E-state index contributed by atoms with van der Waals surface area (Å²) in [5.41, 5.74) is 0. The van der Waals surface area contributed by atoms with Gasteiger partial charge in [-0.05, 0) is 6.42 Å². The van der Waals surface area contributed by atoms with Crippen molar-refractivity contribution in [3.63, 3.8) is 0 Å². The van der Waals surface area contributed by atoms with Crippen molar-refractivity contribution in [2.75, 3.05) is 13.2 Å². The van der Waals surface area contributed by atoms with E-state index in [0.29, 0.717) is 0 Å². The number of rotatable bonds is 7.